The summed E-state index contributed by atoms with van der Waals surface area (Å²) in [6, 6.07) is 2.96. The SMILES string of the molecule is Cc1cc2c(cc1N)NC(=O)CS2(=O)=O. The van der Waals surface area contributed by atoms with Crippen molar-refractivity contribution in [1.82, 2.24) is 0 Å². The van der Waals surface area contributed by atoms with Crippen LogP contribution in [0.4, 0.5) is 11.4 Å². The summed E-state index contributed by atoms with van der Waals surface area (Å²) in [5.41, 5.74) is 7.06. The smallest absolute Gasteiger partial charge is 0.239 e. The van der Waals surface area contributed by atoms with Gasteiger partial charge in [-0.3, -0.25) is 4.79 Å². The van der Waals surface area contributed by atoms with Crippen LogP contribution in [0, 0.1) is 6.92 Å². The van der Waals surface area contributed by atoms with Crippen molar-refractivity contribution in [2.45, 2.75) is 11.8 Å². The molecule has 0 saturated heterocycles. The molecule has 0 bridgehead atoms. The Kier molecular flexibility index (Phi) is 1.97. The van der Waals surface area contributed by atoms with Crippen LogP contribution in [-0.2, 0) is 14.6 Å². The van der Waals surface area contributed by atoms with E-state index in [2.05, 4.69) is 5.32 Å². The van der Waals surface area contributed by atoms with Crippen molar-refractivity contribution < 1.29 is 13.2 Å². The lowest BCUT2D eigenvalue weighted by atomic mass is 10.2. The standard InChI is InChI=1S/C9H10N2O3S/c1-5-2-8-7(3-6(5)10)11-9(12)4-15(8,13)14/h2-3H,4,10H2,1H3,(H,11,12). The molecule has 0 spiro atoms. The van der Waals surface area contributed by atoms with Gasteiger partial charge in [-0.05, 0) is 24.6 Å². The number of anilines is 2. The van der Waals surface area contributed by atoms with E-state index in [-0.39, 0.29) is 10.6 Å². The first-order valence-electron chi connectivity index (χ1n) is 4.33. The van der Waals surface area contributed by atoms with Gasteiger partial charge in [0, 0.05) is 5.69 Å². The van der Waals surface area contributed by atoms with Crippen LogP contribution in [0.25, 0.3) is 0 Å². The first-order valence-corrected chi connectivity index (χ1v) is 5.98. The van der Waals surface area contributed by atoms with E-state index in [1.165, 1.54) is 12.1 Å². The molecular weight excluding hydrogens is 216 g/mol. The van der Waals surface area contributed by atoms with Crippen molar-refractivity contribution in [2.24, 2.45) is 0 Å². The van der Waals surface area contributed by atoms with Gasteiger partial charge in [0.05, 0.1) is 10.6 Å². The number of hydrogen-bond acceptors (Lipinski definition) is 4. The Hall–Kier alpha value is -1.56. The third-order valence-electron chi connectivity index (χ3n) is 2.30. The van der Waals surface area contributed by atoms with Gasteiger partial charge in [-0.2, -0.15) is 0 Å². The number of rotatable bonds is 0. The van der Waals surface area contributed by atoms with E-state index in [9.17, 15) is 13.2 Å². The third-order valence-corrected chi connectivity index (χ3v) is 3.95. The van der Waals surface area contributed by atoms with Crippen LogP contribution in [-0.4, -0.2) is 20.1 Å². The molecule has 0 saturated carbocycles. The molecule has 0 aromatic heterocycles. The van der Waals surface area contributed by atoms with Crippen LogP contribution in [0.5, 0.6) is 0 Å². The maximum atomic E-state index is 11.6. The molecule has 1 aromatic rings. The summed E-state index contributed by atoms with van der Waals surface area (Å²) in [6.07, 6.45) is 0. The maximum Gasteiger partial charge on any atom is 0.239 e. The lowest BCUT2D eigenvalue weighted by molar-refractivity contribution is -0.114. The highest BCUT2D eigenvalue weighted by molar-refractivity contribution is 7.92. The molecule has 1 aromatic carbocycles. The van der Waals surface area contributed by atoms with Crippen molar-refractivity contribution in [2.75, 3.05) is 16.8 Å². The predicted octanol–water partition coefficient (Wildman–Crippen LogP) is 0.303. The third kappa shape index (κ3) is 1.56. The Bertz CT molecular complexity index is 549. The van der Waals surface area contributed by atoms with Crippen molar-refractivity contribution >= 4 is 27.1 Å². The zero-order valence-corrected chi connectivity index (χ0v) is 8.89. The van der Waals surface area contributed by atoms with Crippen LogP contribution < -0.4 is 11.1 Å². The van der Waals surface area contributed by atoms with Gasteiger partial charge in [0.25, 0.3) is 0 Å². The van der Waals surface area contributed by atoms with E-state index >= 15 is 0 Å². The van der Waals surface area contributed by atoms with Crippen LogP contribution in [0.15, 0.2) is 17.0 Å². The second-order valence-electron chi connectivity index (χ2n) is 3.51. The fourth-order valence-electron chi connectivity index (χ4n) is 1.49. The van der Waals surface area contributed by atoms with E-state index < -0.39 is 21.5 Å². The van der Waals surface area contributed by atoms with Gasteiger partial charge in [-0.15, -0.1) is 0 Å². The fraction of sp³-hybridized carbons (Fsp3) is 0.222. The number of benzene rings is 1. The van der Waals surface area contributed by atoms with Gasteiger partial charge >= 0.3 is 0 Å². The number of sulfone groups is 1. The maximum absolute atomic E-state index is 11.6. The molecule has 5 nitrogen and oxygen atoms in total. The van der Waals surface area contributed by atoms with E-state index in [1.54, 1.807) is 6.92 Å². The summed E-state index contributed by atoms with van der Waals surface area (Å²) >= 11 is 0. The Morgan fingerprint density at radius 1 is 1.40 bits per heavy atom. The Balaban J connectivity index is 2.74. The molecule has 2 rings (SSSR count). The van der Waals surface area contributed by atoms with Crippen LogP contribution in [0.2, 0.25) is 0 Å². The summed E-state index contributed by atoms with van der Waals surface area (Å²) in [7, 11) is -3.50. The molecule has 1 heterocycles. The second-order valence-corrected chi connectivity index (χ2v) is 5.47. The number of nitrogens with two attached hydrogens (primary N) is 1. The normalized spacial score (nSPS) is 18.1. The molecule has 0 unspecified atom stereocenters. The average molecular weight is 226 g/mol. The van der Waals surface area contributed by atoms with E-state index in [0.29, 0.717) is 11.3 Å². The molecule has 1 aliphatic heterocycles. The Morgan fingerprint density at radius 2 is 2.07 bits per heavy atom. The number of fused-ring (bicyclic) bond motifs is 1. The molecular formula is C9H10N2O3S. The molecule has 0 aliphatic carbocycles. The largest absolute Gasteiger partial charge is 0.398 e. The van der Waals surface area contributed by atoms with E-state index in [0.717, 1.165) is 0 Å². The van der Waals surface area contributed by atoms with Crippen molar-refractivity contribution in [3.63, 3.8) is 0 Å². The van der Waals surface area contributed by atoms with Crippen LogP contribution in [0.1, 0.15) is 5.56 Å². The number of nitrogens with one attached hydrogen (secondary N) is 1. The number of amides is 1. The highest BCUT2D eigenvalue weighted by atomic mass is 32.2. The first kappa shape index (κ1) is 9.97. The zero-order valence-electron chi connectivity index (χ0n) is 8.07. The topological polar surface area (TPSA) is 89.3 Å². The van der Waals surface area contributed by atoms with Gasteiger partial charge in [-0.1, -0.05) is 0 Å². The molecule has 0 radical (unpaired) electrons. The van der Waals surface area contributed by atoms with E-state index in [4.69, 9.17) is 5.73 Å². The number of carbonyl (C=O) groups excluding carboxylic acids is 1. The molecule has 80 valence electrons. The van der Waals surface area contributed by atoms with Crippen LogP contribution in [0.3, 0.4) is 0 Å². The summed E-state index contributed by atoms with van der Waals surface area (Å²) in [4.78, 5) is 11.3. The lowest BCUT2D eigenvalue weighted by Crippen LogP contribution is -2.29. The van der Waals surface area contributed by atoms with Crippen molar-refractivity contribution in [1.29, 1.82) is 0 Å². The highest BCUT2D eigenvalue weighted by Crippen LogP contribution is 2.30. The zero-order chi connectivity index (χ0) is 11.2. The van der Waals surface area contributed by atoms with Gasteiger partial charge < -0.3 is 11.1 Å². The Morgan fingerprint density at radius 3 is 2.73 bits per heavy atom. The highest BCUT2D eigenvalue weighted by Gasteiger charge is 2.29. The fourth-order valence-corrected chi connectivity index (χ4v) is 2.86. The summed E-state index contributed by atoms with van der Waals surface area (Å²) < 4.78 is 23.3. The number of hydrogen-bond donors (Lipinski definition) is 2. The monoisotopic (exact) mass is 226 g/mol. The minimum absolute atomic E-state index is 0.147. The number of carbonyl (C=O) groups is 1. The molecule has 15 heavy (non-hydrogen) atoms. The second kappa shape index (κ2) is 2.96. The number of aryl methyl sites for hydroxylation is 1. The van der Waals surface area contributed by atoms with Gasteiger partial charge in [-0.25, -0.2) is 8.42 Å². The quantitative estimate of drug-likeness (QED) is 0.623. The summed E-state index contributed by atoms with van der Waals surface area (Å²) in [6.45, 7) is 1.72. The summed E-state index contributed by atoms with van der Waals surface area (Å²) in [5.74, 6) is -1.02. The van der Waals surface area contributed by atoms with Crippen molar-refractivity contribution in [3.8, 4) is 0 Å². The minimum atomic E-state index is -3.50. The average Bonchev–Trinajstić information content (AvgIpc) is 2.07. The molecule has 1 aliphatic rings. The first-order chi connectivity index (χ1) is 6.90. The Labute approximate surface area is 87.2 Å². The molecule has 0 fully saturated rings. The number of nitrogen functional groups attached to an aromatic ring is 1. The minimum Gasteiger partial charge on any atom is -0.398 e. The lowest BCUT2D eigenvalue weighted by Gasteiger charge is -2.18. The van der Waals surface area contributed by atoms with Crippen molar-refractivity contribution in [3.05, 3.63) is 17.7 Å². The van der Waals surface area contributed by atoms with Gasteiger partial charge in [0.2, 0.25) is 5.91 Å². The molecule has 0 atom stereocenters. The van der Waals surface area contributed by atoms with Gasteiger partial charge in [0.1, 0.15) is 5.75 Å². The summed E-state index contributed by atoms with van der Waals surface area (Å²) in [5, 5.41) is 2.49. The van der Waals surface area contributed by atoms with Gasteiger partial charge in [0.15, 0.2) is 9.84 Å². The molecule has 3 N–H and O–H groups in total. The molecule has 1 amide bonds. The molecule has 6 heteroatoms. The predicted molar refractivity (Wildman–Crippen MR) is 56.3 cm³/mol. The van der Waals surface area contributed by atoms with Crippen LogP contribution >= 0.6 is 0 Å². The van der Waals surface area contributed by atoms with E-state index in [1.807, 2.05) is 0 Å².